The number of hydrogen-bond donors (Lipinski definition) is 0. The summed E-state index contributed by atoms with van der Waals surface area (Å²) >= 11 is 0. The van der Waals surface area contributed by atoms with Crippen LogP contribution in [0.5, 0.6) is 11.5 Å². The normalized spacial score (nSPS) is 10.3. The summed E-state index contributed by atoms with van der Waals surface area (Å²) < 4.78 is 28.9. The van der Waals surface area contributed by atoms with Crippen molar-refractivity contribution in [2.24, 2.45) is 0 Å². The highest BCUT2D eigenvalue weighted by molar-refractivity contribution is 6.08. The predicted octanol–water partition coefficient (Wildman–Crippen LogP) is 4.19. The number of carbonyl (C=O) groups excluding carboxylic acids is 2. The van der Waals surface area contributed by atoms with Crippen molar-refractivity contribution in [2.75, 3.05) is 13.7 Å². The number of ether oxygens (including phenoxy) is 3. The van der Waals surface area contributed by atoms with Crippen molar-refractivity contribution < 1.29 is 28.2 Å². The average Bonchev–Trinajstić information content (AvgIpc) is 2.77. The Labute approximate surface area is 167 Å². The lowest BCUT2D eigenvalue weighted by Crippen LogP contribution is -2.15. The first-order valence-electron chi connectivity index (χ1n) is 8.87. The monoisotopic (exact) mass is 394 g/mol. The van der Waals surface area contributed by atoms with Gasteiger partial charge in [-0.05, 0) is 42.0 Å². The van der Waals surface area contributed by atoms with Crippen molar-refractivity contribution >= 4 is 11.8 Å². The first-order chi connectivity index (χ1) is 14.1. The molecule has 0 spiro atoms. The zero-order valence-corrected chi connectivity index (χ0v) is 15.8. The van der Waals surface area contributed by atoms with E-state index in [2.05, 4.69) is 0 Å². The van der Waals surface area contributed by atoms with Gasteiger partial charge in [0, 0.05) is 11.1 Å². The zero-order chi connectivity index (χ0) is 20.6. The number of halogens is 1. The molecular formula is C23H19FO5. The molecule has 0 aliphatic carbocycles. The van der Waals surface area contributed by atoms with Gasteiger partial charge in [0.05, 0.1) is 7.11 Å². The van der Waals surface area contributed by atoms with Crippen LogP contribution in [-0.2, 0) is 16.1 Å². The summed E-state index contributed by atoms with van der Waals surface area (Å²) in [4.78, 5) is 24.2. The van der Waals surface area contributed by atoms with E-state index in [9.17, 15) is 14.0 Å². The van der Waals surface area contributed by atoms with E-state index in [1.807, 2.05) is 6.07 Å². The molecule has 148 valence electrons. The predicted molar refractivity (Wildman–Crippen MR) is 105 cm³/mol. The Hall–Kier alpha value is -3.67. The molecule has 0 heterocycles. The molecule has 0 radical (unpaired) electrons. The van der Waals surface area contributed by atoms with E-state index < -0.39 is 11.8 Å². The van der Waals surface area contributed by atoms with E-state index in [0.29, 0.717) is 22.4 Å². The highest BCUT2D eigenvalue weighted by atomic mass is 19.1. The molecular weight excluding hydrogens is 375 g/mol. The SMILES string of the molecule is COc1ccc(COC(=O)COc2ccc(C(=O)c3ccccc3)cc2)cc1F. The Kier molecular flexibility index (Phi) is 6.58. The largest absolute Gasteiger partial charge is 0.494 e. The van der Waals surface area contributed by atoms with Crippen LogP contribution in [0.2, 0.25) is 0 Å². The van der Waals surface area contributed by atoms with Crippen LogP contribution < -0.4 is 9.47 Å². The Morgan fingerprint density at radius 3 is 2.24 bits per heavy atom. The van der Waals surface area contributed by atoms with Crippen molar-refractivity contribution in [3.63, 3.8) is 0 Å². The molecule has 0 unspecified atom stereocenters. The topological polar surface area (TPSA) is 61.8 Å². The van der Waals surface area contributed by atoms with Crippen LogP contribution in [0.15, 0.2) is 72.8 Å². The minimum Gasteiger partial charge on any atom is -0.494 e. The molecule has 0 aliphatic heterocycles. The van der Waals surface area contributed by atoms with Crippen molar-refractivity contribution in [3.05, 3.63) is 95.3 Å². The summed E-state index contributed by atoms with van der Waals surface area (Å²) in [5.41, 5.74) is 1.62. The van der Waals surface area contributed by atoms with E-state index in [4.69, 9.17) is 14.2 Å². The third-order valence-corrected chi connectivity index (χ3v) is 4.13. The molecule has 0 saturated heterocycles. The molecule has 3 aromatic carbocycles. The molecule has 0 amide bonds. The van der Waals surface area contributed by atoms with E-state index in [-0.39, 0.29) is 24.7 Å². The lowest BCUT2D eigenvalue weighted by Gasteiger charge is -2.09. The molecule has 5 nitrogen and oxygen atoms in total. The van der Waals surface area contributed by atoms with Crippen molar-refractivity contribution in [1.29, 1.82) is 0 Å². The molecule has 0 bridgehead atoms. The Bertz CT molecular complexity index is 984. The van der Waals surface area contributed by atoms with E-state index in [1.165, 1.54) is 19.2 Å². The molecule has 0 atom stereocenters. The minimum atomic E-state index is -0.592. The maximum absolute atomic E-state index is 13.6. The Balaban J connectivity index is 1.49. The molecule has 0 N–H and O–H groups in total. The van der Waals surface area contributed by atoms with E-state index in [1.54, 1.807) is 54.6 Å². The van der Waals surface area contributed by atoms with Gasteiger partial charge in [0.1, 0.15) is 12.4 Å². The molecule has 0 saturated carbocycles. The highest BCUT2D eigenvalue weighted by Crippen LogP contribution is 2.18. The second kappa shape index (κ2) is 9.50. The lowest BCUT2D eigenvalue weighted by molar-refractivity contribution is -0.147. The third kappa shape index (κ3) is 5.42. The summed E-state index contributed by atoms with van der Waals surface area (Å²) in [5, 5.41) is 0. The fourth-order valence-corrected chi connectivity index (χ4v) is 2.61. The summed E-state index contributed by atoms with van der Waals surface area (Å²) in [6, 6.07) is 19.8. The Morgan fingerprint density at radius 2 is 1.59 bits per heavy atom. The number of benzene rings is 3. The Morgan fingerprint density at radius 1 is 0.897 bits per heavy atom. The van der Waals surface area contributed by atoms with Crippen LogP contribution in [0.25, 0.3) is 0 Å². The lowest BCUT2D eigenvalue weighted by atomic mass is 10.0. The van der Waals surface area contributed by atoms with Crippen LogP contribution in [0.3, 0.4) is 0 Å². The van der Waals surface area contributed by atoms with Gasteiger partial charge in [-0.25, -0.2) is 9.18 Å². The smallest absolute Gasteiger partial charge is 0.344 e. The van der Waals surface area contributed by atoms with Crippen LogP contribution in [0, 0.1) is 5.82 Å². The van der Waals surface area contributed by atoms with Gasteiger partial charge in [0.2, 0.25) is 0 Å². The van der Waals surface area contributed by atoms with Gasteiger partial charge in [-0.1, -0.05) is 36.4 Å². The number of carbonyl (C=O) groups is 2. The summed E-state index contributed by atoms with van der Waals surface area (Å²) in [6.07, 6.45) is 0. The maximum atomic E-state index is 13.6. The summed E-state index contributed by atoms with van der Waals surface area (Å²) in [7, 11) is 1.37. The van der Waals surface area contributed by atoms with E-state index >= 15 is 0 Å². The van der Waals surface area contributed by atoms with Gasteiger partial charge in [-0.3, -0.25) is 4.79 Å². The molecule has 0 aromatic heterocycles. The van der Waals surface area contributed by atoms with Gasteiger partial charge in [-0.2, -0.15) is 0 Å². The first kappa shape index (κ1) is 20.1. The fraction of sp³-hybridized carbons (Fsp3) is 0.130. The number of ketones is 1. The second-order valence-corrected chi connectivity index (χ2v) is 6.14. The van der Waals surface area contributed by atoms with E-state index in [0.717, 1.165) is 0 Å². The average molecular weight is 394 g/mol. The number of rotatable bonds is 8. The quantitative estimate of drug-likeness (QED) is 0.424. The van der Waals surface area contributed by atoms with Gasteiger partial charge in [-0.15, -0.1) is 0 Å². The highest BCUT2D eigenvalue weighted by Gasteiger charge is 2.10. The van der Waals surface area contributed by atoms with Crippen LogP contribution in [-0.4, -0.2) is 25.5 Å². The fourth-order valence-electron chi connectivity index (χ4n) is 2.61. The van der Waals surface area contributed by atoms with Crippen molar-refractivity contribution in [1.82, 2.24) is 0 Å². The molecule has 6 heteroatoms. The molecule has 29 heavy (non-hydrogen) atoms. The van der Waals surface area contributed by atoms with Gasteiger partial charge < -0.3 is 14.2 Å². The van der Waals surface area contributed by atoms with Crippen molar-refractivity contribution in [2.45, 2.75) is 6.61 Å². The summed E-state index contributed by atoms with van der Waals surface area (Å²) in [6.45, 7) is -0.377. The van der Waals surface area contributed by atoms with Gasteiger partial charge >= 0.3 is 5.97 Å². The number of hydrogen-bond acceptors (Lipinski definition) is 5. The molecule has 0 aliphatic rings. The zero-order valence-electron chi connectivity index (χ0n) is 15.8. The number of methoxy groups -OCH3 is 1. The minimum absolute atomic E-state index is 0.0758. The molecule has 3 rings (SSSR count). The maximum Gasteiger partial charge on any atom is 0.344 e. The molecule has 3 aromatic rings. The van der Waals surface area contributed by atoms with Gasteiger partial charge in [0.25, 0.3) is 0 Å². The number of esters is 1. The first-order valence-corrected chi connectivity index (χ1v) is 8.87. The van der Waals surface area contributed by atoms with Crippen molar-refractivity contribution in [3.8, 4) is 11.5 Å². The molecule has 0 fully saturated rings. The second-order valence-electron chi connectivity index (χ2n) is 6.14. The third-order valence-electron chi connectivity index (χ3n) is 4.13. The van der Waals surface area contributed by atoms with Crippen LogP contribution >= 0.6 is 0 Å². The van der Waals surface area contributed by atoms with Crippen LogP contribution in [0.4, 0.5) is 4.39 Å². The van der Waals surface area contributed by atoms with Gasteiger partial charge in [0.15, 0.2) is 24.0 Å². The standard InChI is InChI=1S/C23H19FO5/c1-27-21-12-7-16(13-20(21)24)14-29-22(25)15-28-19-10-8-18(9-11-19)23(26)17-5-3-2-4-6-17/h2-13H,14-15H2,1H3. The van der Waals surface area contributed by atoms with Crippen LogP contribution in [0.1, 0.15) is 21.5 Å². The summed E-state index contributed by atoms with van der Waals surface area (Å²) in [5.74, 6) is -0.656.